The van der Waals surface area contributed by atoms with Gasteiger partial charge in [-0.15, -0.1) is 0 Å². The van der Waals surface area contributed by atoms with Gasteiger partial charge in [-0.1, -0.05) is 249 Å². The Kier molecular flexibility index (Phi) is 12.3. The lowest BCUT2D eigenvalue weighted by atomic mass is 9.67. The lowest BCUT2D eigenvalue weighted by Gasteiger charge is -2.34. The first-order valence-corrected chi connectivity index (χ1v) is 29.1. The quantitative estimate of drug-likeness (QED) is 0.129. The summed E-state index contributed by atoms with van der Waals surface area (Å²) in [6.45, 7) is 0. The summed E-state index contributed by atoms with van der Waals surface area (Å²) in [5, 5.41) is 2.31. The minimum atomic E-state index is -0.554. The van der Waals surface area contributed by atoms with E-state index in [9.17, 15) is 0 Å². The van der Waals surface area contributed by atoms with E-state index < -0.39 is 5.41 Å². The number of fused-ring (bicyclic) bond motifs is 6. The third-order valence-electron chi connectivity index (χ3n) is 17.0. The van der Waals surface area contributed by atoms with Gasteiger partial charge in [-0.3, -0.25) is 0 Å². The Morgan fingerprint density at radius 2 is 0.779 bits per heavy atom. The molecule has 3 aromatic heterocycles. The van der Waals surface area contributed by atoms with Crippen molar-refractivity contribution in [1.82, 2.24) is 29.5 Å². The molecule has 6 nitrogen and oxygen atoms in total. The van der Waals surface area contributed by atoms with Crippen LogP contribution in [0.5, 0.6) is 0 Å². The maximum Gasteiger partial charge on any atom is 0.181 e. The van der Waals surface area contributed by atoms with Gasteiger partial charge in [0, 0.05) is 33.2 Å². The molecular weight excluding hydrogens is 1040 g/mol. The molecule has 0 aliphatic heterocycles. The van der Waals surface area contributed by atoms with E-state index in [4.69, 9.17) is 24.9 Å². The van der Waals surface area contributed by atoms with Gasteiger partial charge in [0.15, 0.2) is 17.5 Å². The summed E-state index contributed by atoms with van der Waals surface area (Å²) < 4.78 is 2.47. The van der Waals surface area contributed by atoms with E-state index in [-0.39, 0.29) is 0 Å². The van der Waals surface area contributed by atoms with Crippen molar-refractivity contribution < 1.29 is 0 Å². The molecule has 86 heavy (non-hydrogen) atoms. The third-order valence-corrected chi connectivity index (χ3v) is 17.0. The molecule has 16 rings (SSSR count). The molecule has 0 saturated heterocycles. The Hall–Kier alpha value is -11.5. The fourth-order valence-corrected chi connectivity index (χ4v) is 13.2. The molecule has 1 aliphatic carbocycles. The highest BCUT2D eigenvalue weighted by atomic mass is 15.0. The van der Waals surface area contributed by atoms with Crippen molar-refractivity contribution in [2.24, 2.45) is 0 Å². The molecule has 1 aliphatic rings. The van der Waals surface area contributed by atoms with Crippen LogP contribution in [0, 0.1) is 0 Å². The number of aromatic nitrogens is 6. The van der Waals surface area contributed by atoms with Gasteiger partial charge in [0.25, 0.3) is 0 Å². The van der Waals surface area contributed by atoms with Gasteiger partial charge >= 0.3 is 0 Å². The maximum absolute atomic E-state index is 5.33. The lowest BCUT2D eigenvalue weighted by molar-refractivity contribution is 0.767. The van der Waals surface area contributed by atoms with Gasteiger partial charge < -0.3 is 4.57 Å². The summed E-state index contributed by atoms with van der Waals surface area (Å²) in [6, 6.07) is 111. The average Bonchev–Trinajstić information content (AvgIpc) is 1.57. The number of rotatable bonds is 11. The highest BCUT2D eigenvalue weighted by Crippen LogP contribution is 2.57. The third kappa shape index (κ3) is 8.62. The zero-order valence-electron chi connectivity index (χ0n) is 46.7. The van der Waals surface area contributed by atoms with Gasteiger partial charge in [-0.05, 0) is 139 Å². The Balaban J connectivity index is 0.860. The van der Waals surface area contributed by atoms with Crippen molar-refractivity contribution in [2.45, 2.75) is 5.41 Å². The van der Waals surface area contributed by atoms with E-state index in [1.165, 1.54) is 33.4 Å². The summed E-state index contributed by atoms with van der Waals surface area (Å²) in [6.07, 6.45) is 1.59. The topological polar surface area (TPSA) is 69.4 Å². The van der Waals surface area contributed by atoms with Crippen molar-refractivity contribution in [2.75, 3.05) is 0 Å². The molecule has 6 heteroatoms. The predicted molar refractivity (Wildman–Crippen MR) is 351 cm³/mol. The zero-order chi connectivity index (χ0) is 57.0. The Bertz CT molecular complexity index is 4930. The average molecular weight is 1100 g/mol. The van der Waals surface area contributed by atoms with Crippen LogP contribution in [0.3, 0.4) is 0 Å². The number of hydrogen-bond donors (Lipinski definition) is 0. The highest BCUT2D eigenvalue weighted by Gasteiger charge is 2.46. The molecule has 0 N–H and O–H groups in total. The van der Waals surface area contributed by atoms with Crippen molar-refractivity contribution in [3.63, 3.8) is 0 Å². The van der Waals surface area contributed by atoms with Gasteiger partial charge in [0.05, 0.1) is 22.1 Å². The first-order valence-electron chi connectivity index (χ1n) is 29.1. The van der Waals surface area contributed by atoms with Crippen LogP contribution in [0.1, 0.15) is 22.3 Å². The smallest absolute Gasteiger partial charge is 0.181 e. The van der Waals surface area contributed by atoms with E-state index in [0.717, 1.165) is 94.4 Å². The van der Waals surface area contributed by atoms with Crippen molar-refractivity contribution in [1.29, 1.82) is 0 Å². The van der Waals surface area contributed by atoms with E-state index >= 15 is 0 Å². The van der Waals surface area contributed by atoms with Crippen molar-refractivity contribution in [3.8, 4) is 107 Å². The molecule has 0 saturated carbocycles. The monoisotopic (exact) mass is 1100 g/mol. The minimum Gasteiger partial charge on any atom is -0.309 e. The lowest BCUT2D eigenvalue weighted by Crippen LogP contribution is -2.28. The summed E-state index contributed by atoms with van der Waals surface area (Å²) in [7, 11) is 0. The van der Waals surface area contributed by atoms with Crippen LogP contribution in [0.25, 0.3) is 129 Å². The Morgan fingerprint density at radius 3 is 1.45 bits per heavy atom. The second kappa shape index (κ2) is 21.1. The molecule has 3 heterocycles. The summed E-state index contributed by atoms with van der Waals surface area (Å²) >= 11 is 0. The molecule has 15 aromatic rings. The van der Waals surface area contributed by atoms with Crippen LogP contribution in [0.15, 0.2) is 316 Å². The molecule has 0 spiro atoms. The standard InChI is InChI=1S/C80H52N6/c1-7-23-53(24-8-1)57-41-44-74-69(49-57)76-66(38-22-40-75(76)86(74)65-42-43-68-67-37-19-20-39-70(67)80(71(68)50-65,63-33-15-5-16-34-63)64-35-17-6-18-36-64)58-31-21-32-59(45-58)78-83-72(56-29-13-4-14-30-56)51-73(84-78)79-82-52-81-77(85-79)62-47-60(54-25-9-2-10-26-54)46-61(48-62)55-27-11-3-12-28-55/h1-52H. The second-order valence-electron chi connectivity index (χ2n) is 22.0. The molecule has 0 amide bonds. The van der Waals surface area contributed by atoms with Crippen LogP contribution in [0.4, 0.5) is 0 Å². The fraction of sp³-hybridized carbons (Fsp3) is 0.0125. The molecule has 402 valence electrons. The van der Waals surface area contributed by atoms with E-state index in [2.05, 4.69) is 278 Å². The first kappa shape index (κ1) is 50.3. The van der Waals surface area contributed by atoms with Crippen molar-refractivity contribution in [3.05, 3.63) is 338 Å². The highest BCUT2D eigenvalue weighted by molar-refractivity contribution is 6.17. The summed E-state index contributed by atoms with van der Waals surface area (Å²) in [5.74, 6) is 1.56. The normalized spacial score (nSPS) is 12.3. The number of nitrogens with zero attached hydrogens (tertiary/aromatic N) is 6. The molecule has 0 bridgehead atoms. The van der Waals surface area contributed by atoms with Gasteiger partial charge in [-0.2, -0.15) is 0 Å². The van der Waals surface area contributed by atoms with Crippen molar-refractivity contribution >= 4 is 21.8 Å². The molecular formula is C80H52N6. The van der Waals surface area contributed by atoms with E-state index in [1.54, 1.807) is 6.33 Å². The maximum atomic E-state index is 5.33. The van der Waals surface area contributed by atoms with E-state index in [1.807, 2.05) is 36.4 Å². The fourth-order valence-electron chi connectivity index (χ4n) is 13.2. The number of benzene rings is 12. The van der Waals surface area contributed by atoms with Crippen LogP contribution in [-0.4, -0.2) is 29.5 Å². The van der Waals surface area contributed by atoms with Gasteiger partial charge in [0.1, 0.15) is 12.0 Å². The van der Waals surface area contributed by atoms with E-state index in [0.29, 0.717) is 23.2 Å². The molecule has 0 fully saturated rings. The van der Waals surface area contributed by atoms with Gasteiger partial charge in [-0.25, -0.2) is 24.9 Å². The molecule has 0 unspecified atom stereocenters. The SMILES string of the molecule is c1ccc(-c2cc(-c3ccccc3)cc(-c3ncnc(-c4cc(-c5ccccc5)nc(-c5cccc(-c6cccc7c6c6cc(-c8ccccc8)ccc6n7-c6ccc7c(c6)C(c6ccccc6)(c6ccccc6)c6ccccc6-7)c5)n4)n3)c2)cc1. The van der Waals surface area contributed by atoms with Gasteiger partial charge in [0.2, 0.25) is 0 Å². The second-order valence-corrected chi connectivity index (χ2v) is 22.0. The molecule has 0 atom stereocenters. The largest absolute Gasteiger partial charge is 0.309 e. The van der Waals surface area contributed by atoms with Crippen LogP contribution < -0.4 is 0 Å². The summed E-state index contributed by atoms with van der Waals surface area (Å²) in [4.78, 5) is 25.4. The van der Waals surface area contributed by atoms with Crippen LogP contribution in [0.2, 0.25) is 0 Å². The molecule has 12 aromatic carbocycles. The number of hydrogen-bond acceptors (Lipinski definition) is 5. The molecule has 0 radical (unpaired) electrons. The summed E-state index contributed by atoms with van der Waals surface area (Å²) in [5.41, 5.74) is 23.1. The van der Waals surface area contributed by atoms with Crippen LogP contribution >= 0.6 is 0 Å². The predicted octanol–water partition coefficient (Wildman–Crippen LogP) is 19.5. The zero-order valence-corrected chi connectivity index (χ0v) is 46.7. The Morgan fingerprint density at radius 1 is 0.267 bits per heavy atom. The Labute approximate surface area is 498 Å². The minimum absolute atomic E-state index is 0.449. The van der Waals surface area contributed by atoms with Crippen LogP contribution in [-0.2, 0) is 5.41 Å². The first-order chi connectivity index (χ1) is 42.6.